The molecule has 2 aromatic heterocycles. The lowest BCUT2D eigenvalue weighted by molar-refractivity contribution is -0.192. The summed E-state index contributed by atoms with van der Waals surface area (Å²) in [6.07, 6.45) is 0.322. The van der Waals surface area contributed by atoms with Crippen LogP contribution < -0.4 is 10.5 Å². The minimum atomic E-state index is -5.08. The van der Waals surface area contributed by atoms with E-state index >= 15 is 0 Å². The molecule has 2 bridgehead atoms. The molecule has 0 spiro atoms. The van der Waals surface area contributed by atoms with E-state index in [0.717, 1.165) is 0 Å². The molecular formula is C23H23F3N6O4S. The van der Waals surface area contributed by atoms with Crippen molar-refractivity contribution in [2.75, 3.05) is 5.73 Å². The van der Waals surface area contributed by atoms with Crippen LogP contribution >= 0.6 is 0 Å². The molecule has 1 aromatic carbocycles. The van der Waals surface area contributed by atoms with Gasteiger partial charge in [0.25, 0.3) is 0 Å². The van der Waals surface area contributed by atoms with Gasteiger partial charge in [-0.25, -0.2) is 27.9 Å². The lowest BCUT2D eigenvalue weighted by Crippen LogP contribution is -2.55. The zero-order chi connectivity index (χ0) is 29.9. The van der Waals surface area contributed by atoms with E-state index in [1.165, 1.54) is 24.4 Å². The second-order valence-electron chi connectivity index (χ2n) is 9.25. The number of nitrogens with two attached hydrogens (primary N) is 1. The van der Waals surface area contributed by atoms with Gasteiger partial charge in [-0.3, -0.25) is 4.40 Å². The van der Waals surface area contributed by atoms with Gasteiger partial charge in [-0.2, -0.15) is 18.4 Å². The third-order valence-electron chi connectivity index (χ3n) is 6.48. The van der Waals surface area contributed by atoms with Crippen LogP contribution in [0, 0.1) is 30.5 Å². The predicted molar refractivity (Wildman–Crippen MR) is 126 cm³/mol. The number of halogens is 3. The van der Waals surface area contributed by atoms with Crippen molar-refractivity contribution >= 4 is 27.5 Å². The lowest BCUT2D eigenvalue weighted by Gasteiger charge is -2.43. The highest BCUT2D eigenvalue weighted by Gasteiger charge is 2.62. The van der Waals surface area contributed by atoms with Gasteiger partial charge >= 0.3 is 12.1 Å². The summed E-state index contributed by atoms with van der Waals surface area (Å²) in [5.41, 5.74) is 6.51. The van der Waals surface area contributed by atoms with Crippen LogP contribution in [-0.4, -0.2) is 45.6 Å². The molecule has 0 saturated heterocycles. The van der Waals surface area contributed by atoms with Crippen molar-refractivity contribution in [1.82, 2.24) is 19.1 Å². The number of alkyl halides is 3. The smallest absolute Gasteiger partial charge is 0.475 e. The maximum absolute atomic E-state index is 13.3. The Bertz CT molecular complexity index is 1660. The van der Waals surface area contributed by atoms with E-state index < -0.39 is 40.0 Å². The van der Waals surface area contributed by atoms with E-state index in [1.807, 2.05) is 0 Å². The van der Waals surface area contributed by atoms with Gasteiger partial charge in [0.1, 0.15) is 0 Å². The molecule has 0 amide bonds. The summed E-state index contributed by atoms with van der Waals surface area (Å²) < 4.78 is 86.6. The van der Waals surface area contributed by atoms with Crippen molar-refractivity contribution in [2.24, 2.45) is 5.41 Å². The summed E-state index contributed by atoms with van der Waals surface area (Å²) in [5, 5.41) is 16.5. The Hall–Kier alpha value is -3.70. The highest BCUT2D eigenvalue weighted by atomic mass is 32.2. The van der Waals surface area contributed by atoms with Gasteiger partial charge in [-0.15, -0.1) is 0 Å². The zero-order valence-corrected chi connectivity index (χ0v) is 20.1. The normalized spacial score (nSPS) is 24.1. The fourth-order valence-electron chi connectivity index (χ4n) is 4.92. The van der Waals surface area contributed by atoms with Crippen LogP contribution in [0.4, 0.5) is 19.0 Å². The maximum Gasteiger partial charge on any atom is 0.490 e. The number of imidazole rings is 1. The van der Waals surface area contributed by atoms with E-state index in [1.54, 1.807) is 17.5 Å². The average molecular weight is 540 g/mol. The van der Waals surface area contributed by atoms with Gasteiger partial charge < -0.3 is 10.8 Å². The number of anilines is 1. The molecule has 196 valence electrons. The molecule has 3 aliphatic rings. The Kier molecular flexibility index (Phi) is 5.29. The van der Waals surface area contributed by atoms with Crippen LogP contribution in [0.25, 0.3) is 16.9 Å². The number of carboxylic acid groups (broad SMARTS) is 1. The van der Waals surface area contributed by atoms with Gasteiger partial charge in [0, 0.05) is 21.4 Å². The summed E-state index contributed by atoms with van der Waals surface area (Å²) in [7, 11) is -3.95. The monoisotopic (exact) mass is 539 g/mol. The molecule has 14 heteroatoms. The maximum atomic E-state index is 13.3. The molecule has 2 heterocycles. The summed E-state index contributed by atoms with van der Waals surface area (Å²) in [6.45, 7) is -0.733. The summed E-state index contributed by atoms with van der Waals surface area (Å²) in [4.78, 5) is 17.3. The molecule has 0 radical (unpaired) electrons. The first kappa shape index (κ1) is 22.5. The average Bonchev–Trinajstić information content (AvgIpc) is 3.49. The molecule has 6 rings (SSSR count). The molecule has 3 fully saturated rings. The van der Waals surface area contributed by atoms with Crippen LogP contribution in [0.1, 0.15) is 41.1 Å². The molecule has 3 aliphatic carbocycles. The number of rotatable bonds is 4. The zero-order valence-electron chi connectivity index (χ0n) is 22.3. The van der Waals surface area contributed by atoms with Crippen molar-refractivity contribution in [1.29, 1.82) is 5.26 Å². The quantitative estimate of drug-likeness (QED) is 0.454. The van der Waals surface area contributed by atoms with E-state index in [4.69, 9.17) is 19.7 Å². The number of aryl methyl sites for hydroxylation is 2. The Morgan fingerprint density at radius 3 is 2.59 bits per heavy atom. The summed E-state index contributed by atoms with van der Waals surface area (Å²) in [6, 6.07) is 6.30. The SMILES string of the molecule is O=C(O)C(F)(F)F.[2H]C([2H])([2H])c1ccc(S(=O)(=O)NC23CCC(C#N)(C2)C3)cc1-c1cnc2c(N)nc(C)cn12. The number of aliphatic carboxylic acids is 1. The first-order valence-electron chi connectivity index (χ1n) is 12.3. The molecular weight excluding hydrogens is 513 g/mol. The summed E-state index contributed by atoms with van der Waals surface area (Å²) in [5.74, 6) is -2.57. The van der Waals surface area contributed by atoms with Crippen LogP contribution in [0.2, 0.25) is 0 Å². The first-order chi connectivity index (χ1) is 18.3. The molecule has 10 nitrogen and oxygen atoms in total. The van der Waals surface area contributed by atoms with Crippen LogP contribution in [0.5, 0.6) is 0 Å². The highest BCUT2D eigenvalue weighted by Crippen LogP contribution is 2.61. The second kappa shape index (κ2) is 8.70. The second-order valence-corrected chi connectivity index (χ2v) is 10.9. The van der Waals surface area contributed by atoms with E-state index in [9.17, 15) is 26.9 Å². The van der Waals surface area contributed by atoms with Crippen molar-refractivity contribution < 1.29 is 35.6 Å². The number of hydrogen-bond donors (Lipinski definition) is 3. The lowest BCUT2D eigenvalue weighted by atomic mass is 9.66. The predicted octanol–water partition coefficient (Wildman–Crippen LogP) is 3.34. The highest BCUT2D eigenvalue weighted by molar-refractivity contribution is 7.89. The minimum Gasteiger partial charge on any atom is -0.475 e. The number of hydrogen-bond acceptors (Lipinski definition) is 7. The summed E-state index contributed by atoms with van der Waals surface area (Å²) >= 11 is 0. The van der Waals surface area contributed by atoms with Gasteiger partial charge in [-0.1, -0.05) is 6.07 Å². The van der Waals surface area contributed by atoms with Gasteiger partial charge in [0.15, 0.2) is 11.5 Å². The topological polar surface area (TPSA) is 163 Å². The van der Waals surface area contributed by atoms with Crippen LogP contribution in [0.3, 0.4) is 0 Å². The Morgan fingerprint density at radius 1 is 1.35 bits per heavy atom. The van der Waals surface area contributed by atoms with Crippen molar-refractivity contribution in [3.63, 3.8) is 0 Å². The van der Waals surface area contributed by atoms with E-state index in [0.29, 0.717) is 42.7 Å². The molecule has 3 aromatic rings. The third-order valence-corrected chi connectivity index (χ3v) is 8.06. The Balaban J connectivity index is 0.000000470. The molecule has 37 heavy (non-hydrogen) atoms. The van der Waals surface area contributed by atoms with Crippen molar-refractivity contribution in [2.45, 2.75) is 56.1 Å². The third kappa shape index (κ3) is 4.84. The molecule has 0 unspecified atom stereocenters. The number of nitriles is 1. The molecule has 0 atom stereocenters. The number of nitrogens with one attached hydrogen (secondary N) is 1. The van der Waals surface area contributed by atoms with Gasteiger partial charge in [0.2, 0.25) is 10.0 Å². The number of sulfonamides is 1. The number of nitrogens with zero attached hydrogens (tertiary/aromatic N) is 4. The number of carbonyl (C=O) groups is 1. The number of nitrogen functional groups attached to an aromatic ring is 1. The largest absolute Gasteiger partial charge is 0.490 e. The van der Waals surface area contributed by atoms with Crippen molar-refractivity contribution in [3.05, 3.63) is 41.9 Å². The van der Waals surface area contributed by atoms with Gasteiger partial charge in [0.05, 0.1) is 34.0 Å². The van der Waals surface area contributed by atoms with Gasteiger partial charge in [-0.05, 0) is 57.2 Å². The Labute approximate surface area is 214 Å². The van der Waals surface area contributed by atoms with E-state index in [-0.39, 0.29) is 21.8 Å². The van der Waals surface area contributed by atoms with Crippen molar-refractivity contribution in [3.8, 4) is 17.3 Å². The fraction of sp³-hybridized carbons (Fsp3) is 0.391. The van der Waals surface area contributed by atoms with E-state index in [2.05, 4.69) is 20.8 Å². The minimum absolute atomic E-state index is 0.00228. The van der Waals surface area contributed by atoms with Crippen LogP contribution in [0.15, 0.2) is 35.5 Å². The number of aromatic nitrogens is 3. The number of carboxylic acids is 1. The number of fused-ring (bicyclic) bond motifs is 2. The van der Waals surface area contributed by atoms with Crippen LogP contribution in [-0.2, 0) is 14.8 Å². The molecule has 0 aliphatic heterocycles. The number of benzene rings is 1. The Morgan fingerprint density at radius 2 is 2.03 bits per heavy atom. The fourth-order valence-corrected chi connectivity index (χ4v) is 6.37. The first-order valence-corrected chi connectivity index (χ1v) is 12.3. The standard InChI is InChI=1S/C21H22N6O2S.C2HF3O2/c1-13-3-4-15(30(28,29)26-21-6-5-20(10-21,11-21)12-22)7-16(13)17-8-24-19-18(23)25-14(2)9-27(17)19;3-2(4,5)1(6)7/h3-4,7-9,26H,5-6,10-11H2,1-2H3,(H2,23,25);(H,6,7)/i1D3;. The molecule has 4 N–H and O–H groups in total. The molecule has 3 saturated carbocycles.